The minimum absolute atomic E-state index is 0.469. The van der Waals surface area contributed by atoms with Crippen molar-refractivity contribution in [1.82, 2.24) is 0 Å². The third-order valence-electron chi connectivity index (χ3n) is 1.73. The summed E-state index contributed by atoms with van der Waals surface area (Å²) < 4.78 is 4.78. The molecule has 0 spiro atoms. The van der Waals surface area contributed by atoms with Crippen LogP contribution < -0.4 is 0 Å². The van der Waals surface area contributed by atoms with Crippen molar-refractivity contribution in [3.63, 3.8) is 0 Å². The van der Waals surface area contributed by atoms with Gasteiger partial charge in [-0.15, -0.1) is 0 Å². The standard InChI is InChI=1S/C7H13NO4/c1-5(8(10)11)7(3,4)12-6(2)9/h5H,1-4H3. The number of nitrogens with zero attached hydrogens (tertiary/aromatic N) is 1. The van der Waals surface area contributed by atoms with Gasteiger partial charge in [-0.25, -0.2) is 0 Å². The quantitative estimate of drug-likeness (QED) is 0.364. The first-order valence-electron chi connectivity index (χ1n) is 3.60. The van der Waals surface area contributed by atoms with Gasteiger partial charge in [0, 0.05) is 18.8 Å². The van der Waals surface area contributed by atoms with Crippen molar-refractivity contribution < 1.29 is 14.5 Å². The van der Waals surface area contributed by atoms with Gasteiger partial charge in [0.1, 0.15) is 0 Å². The minimum Gasteiger partial charge on any atom is -0.453 e. The molecular formula is C7H13NO4. The van der Waals surface area contributed by atoms with Crippen molar-refractivity contribution in [2.24, 2.45) is 0 Å². The molecular weight excluding hydrogens is 162 g/mol. The average Bonchev–Trinajstić information content (AvgIpc) is 1.82. The normalized spacial score (nSPS) is 13.7. The first-order chi connectivity index (χ1) is 5.27. The van der Waals surface area contributed by atoms with E-state index in [0.717, 1.165) is 0 Å². The van der Waals surface area contributed by atoms with Gasteiger partial charge in [0.15, 0.2) is 5.60 Å². The van der Waals surface area contributed by atoms with E-state index in [-0.39, 0.29) is 0 Å². The molecule has 0 aromatic heterocycles. The van der Waals surface area contributed by atoms with Crippen LogP contribution in [0.15, 0.2) is 0 Å². The van der Waals surface area contributed by atoms with E-state index in [2.05, 4.69) is 0 Å². The van der Waals surface area contributed by atoms with Gasteiger partial charge >= 0.3 is 5.97 Å². The predicted molar refractivity (Wildman–Crippen MR) is 42.3 cm³/mol. The molecule has 0 fully saturated rings. The SMILES string of the molecule is CC(=O)OC(C)(C)C(C)[N+](=O)[O-]. The third kappa shape index (κ3) is 2.86. The van der Waals surface area contributed by atoms with Crippen molar-refractivity contribution in [3.8, 4) is 0 Å². The third-order valence-corrected chi connectivity index (χ3v) is 1.73. The maximum Gasteiger partial charge on any atom is 0.303 e. The molecule has 0 saturated heterocycles. The van der Waals surface area contributed by atoms with Gasteiger partial charge in [-0.05, 0) is 13.8 Å². The highest BCUT2D eigenvalue weighted by molar-refractivity contribution is 5.66. The summed E-state index contributed by atoms with van der Waals surface area (Å²) in [5.74, 6) is -0.506. The van der Waals surface area contributed by atoms with E-state index >= 15 is 0 Å². The van der Waals surface area contributed by atoms with Crippen LogP contribution in [-0.4, -0.2) is 22.5 Å². The van der Waals surface area contributed by atoms with E-state index in [1.807, 2.05) is 0 Å². The fourth-order valence-corrected chi connectivity index (χ4v) is 0.710. The second-order valence-electron chi connectivity index (χ2n) is 3.16. The Morgan fingerprint density at radius 3 is 2.25 bits per heavy atom. The first kappa shape index (κ1) is 10.9. The van der Waals surface area contributed by atoms with Gasteiger partial charge in [-0.3, -0.25) is 14.9 Å². The van der Waals surface area contributed by atoms with E-state index in [1.165, 1.54) is 27.7 Å². The van der Waals surface area contributed by atoms with Crippen LogP contribution in [0.5, 0.6) is 0 Å². The zero-order chi connectivity index (χ0) is 9.94. The maximum absolute atomic E-state index is 10.5. The lowest BCUT2D eigenvalue weighted by molar-refractivity contribution is -0.538. The highest BCUT2D eigenvalue weighted by Gasteiger charge is 2.37. The van der Waals surface area contributed by atoms with Gasteiger partial charge in [0.05, 0.1) is 0 Å². The van der Waals surface area contributed by atoms with Gasteiger partial charge in [0.2, 0.25) is 6.04 Å². The Morgan fingerprint density at radius 1 is 1.58 bits per heavy atom. The van der Waals surface area contributed by atoms with Crippen molar-refractivity contribution in [3.05, 3.63) is 10.1 Å². The lowest BCUT2D eigenvalue weighted by Gasteiger charge is -2.24. The summed E-state index contributed by atoms with van der Waals surface area (Å²) in [6.07, 6.45) is 0. The van der Waals surface area contributed by atoms with Crippen molar-refractivity contribution >= 4 is 5.97 Å². The first-order valence-corrected chi connectivity index (χ1v) is 3.60. The Balaban J connectivity index is 4.38. The summed E-state index contributed by atoms with van der Waals surface area (Å²) in [7, 11) is 0. The molecule has 0 heterocycles. The Morgan fingerprint density at radius 2 is 2.00 bits per heavy atom. The lowest BCUT2D eigenvalue weighted by atomic mass is 10.0. The number of carbonyl (C=O) groups is 1. The largest absolute Gasteiger partial charge is 0.453 e. The number of esters is 1. The molecule has 1 unspecified atom stereocenters. The number of carbonyl (C=O) groups excluding carboxylic acids is 1. The molecule has 0 saturated carbocycles. The molecule has 0 N–H and O–H groups in total. The number of nitro groups is 1. The highest BCUT2D eigenvalue weighted by atomic mass is 16.6. The van der Waals surface area contributed by atoms with Gasteiger partial charge in [-0.1, -0.05) is 0 Å². The monoisotopic (exact) mass is 175 g/mol. The maximum atomic E-state index is 10.5. The molecule has 0 aliphatic heterocycles. The molecule has 0 aromatic carbocycles. The molecule has 0 rings (SSSR count). The molecule has 70 valence electrons. The summed E-state index contributed by atoms with van der Waals surface area (Å²) in [5.41, 5.74) is -1.05. The van der Waals surface area contributed by atoms with Crippen LogP contribution >= 0.6 is 0 Å². The smallest absolute Gasteiger partial charge is 0.303 e. The molecule has 5 heteroatoms. The van der Waals surface area contributed by atoms with Crippen LogP contribution in [0, 0.1) is 10.1 Å². The Kier molecular flexibility index (Phi) is 3.18. The van der Waals surface area contributed by atoms with Crippen LogP contribution in [0.3, 0.4) is 0 Å². The van der Waals surface area contributed by atoms with Crippen LogP contribution in [0.25, 0.3) is 0 Å². The Labute approximate surface area is 70.9 Å². The predicted octanol–water partition coefficient (Wildman–Crippen LogP) is 0.993. The lowest BCUT2D eigenvalue weighted by Crippen LogP contribution is -2.43. The van der Waals surface area contributed by atoms with E-state index < -0.39 is 22.5 Å². The molecule has 12 heavy (non-hydrogen) atoms. The van der Waals surface area contributed by atoms with Crippen LogP contribution in [0.1, 0.15) is 27.7 Å². The van der Waals surface area contributed by atoms with Crippen molar-refractivity contribution in [2.45, 2.75) is 39.3 Å². The molecule has 0 aromatic rings. The van der Waals surface area contributed by atoms with Crippen LogP contribution in [0.2, 0.25) is 0 Å². The van der Waals surface area contributed by atoms with Crippen LogP contribution in [-0.2, 0) is 9.53 Å². The average molecular weight is 175 g/mol. The summed E-state index contributed by atoms with van der Waals surface area (Å²) >= 11 is 0. The van der Waals surface area contributed by atoms with E-state index in [0.29, 0.717) is 0 Å². The van der Waals surface area contributed by atoms with E-state index in [4.69, 9.17) is 4.74 Å². The van der Waals surface area contributed by atoms with Gasteiger partial charge < -0.3 is 4.74 Å². The summed E-state index contributed by atoms with van der Waals surface area (Å²) in [4.78, 5) is 20.4. The fourth-order valence-electron chi connectivity index (χ4n) is 0.710. The second-order valence-corrected chi connectivity index (χ2v) is 3.16. The van der Waals surface area contributed by atoms with Crippen molar-refractivity contribution in [1.29, 1.82) is 0 Å². The molecule has 0 aliphatic rings. The summed E-state index contributed by atoms with van der Waals surface area (Å²) in [6, 6.07) is -0.901. The zero-order valence-electron chi connectivity index (χ0n) is 7.66. The number of rotatable bonds is 3. The van der Waals surface area contributed by atoms with E-state index in [1.54, 1.807) is 0 Å². The molecule has 0 bridgehead atoms. The Bertz CT molecular complexity index is 200. The topological polar surface area (TPSA) is 69.4 Å². The molecule has 5 nitrogen and oxygen atoms in total. The molecule has 1 atom stereocenters. The molecule has 0 aliphatic carbocycles. The van der Waals surface area contributed by atoms with E-state index in [9.17, 15) is 14.9 Å². The summed E-state index contributed by atoms with van der Waals surface area (Å²) in [6.45, 7) is 5.67. The number of hydrogen-bond donors (Lipinski definition) is 0. The van der Waals surface area contributed by atoms with Gasteiger partial charge in [0.25, 0.3) is 0 Å². The molecule has 0 radical (unpaired) electrons. The number of ether oxygens (including phenoxy) is 1. The molecule has 0 amide bonds. The van der Waals surface area contributed by atoms with Gasteiger partial charge in [-0.2, -0.15) is 0 Å². The summed E-state index contributed by atoms with van der Waals surface area (Å²) in [5, 5.41) is 10.3. The second kappa shape index (κ2) is 3.51. The highest BCUT2D eigenvalue weighted by Crippen LogP contribution is 2.16. The zero-order valence-corrected chi connectivity index (χ0v) is 7.66. The minimum atomic E-state index is -1.05. The van der Waals surface area contributed by atoms with Crippen molar-refractivity contribution in [2.75, 3.05) is 0 Å². The fraction of sp³-hybridized carbons (Fsp3) is 0.857. The Hall–Kier alpha value is -1.13. The number of hydrogen-bond acceptors (Lipinski definition) is 4. The van der Waals surface area contributed by atoms with Crippen LogP contribution in [0.4, 0.5) is 0 Å².